The summed E-state index contributed by atoms with van der Waals surface area (Å²) in [5.41, 5.74) is 0.992. The molecule has 22 heavy (non-hydrogen) atoms. The normalized spacial score (nSPS) is 18.7. The largest absolute Gasteiger partial charge is 0.377 e. The van der Waals surface area contributed by atoms with Crippen molar-refractivity contribution in [1.29, 1.82) is 0 Å². The highest BCUT2D eigenvalue weighted by Gasteiger charge is 2.26. The zero-order valence-corrected chi connectivity index (χ0v) is 14.3. The molecule has 0 saturated carbocycles. The molecule has 0 unspecified atom stereocenters. The number of nitrogens with zero attached hydrogens (tertiary/aromatic N) is 1. The first kappa shape index (κ1) is 15.6. The van der Waals surface area contributed by atoms with E-state index in [-0.39, 0.29) is 11.0 Å². The molecule has 0 N–H and O–H groups in total. The van der Waals surface area contributed by atoms with Gasteiger partial charge in [0.2, 0.25) is 0 Å². The van der Waals surface area contributed by atoms with Crippen LogP contribution in [0.2, 0.25) is 0 Å². The van der Waals surface area contributed by atoms with E-state index < -0.39 is 10.1 Å². The fraction of sp³-hybridized carbons (Fsp3) is 0.375. The molecule has 1 atom stereocenters. The number of thioether (sulfide) groups is 1. The predicted octanol–water partition coefficient (Wildman–Crippen LogP) is 3.12. The van der Waals surface area contributed by atoms with E-state index in [0.29, 0.717) is 5.39 Å². The molecule has 2 aromatic carbocycles. The van der Waals surface area contributed by atoms with Gasteiger partial charge in [0.05, 0.1) is 6.10 Å². The van der Waals surface area contributed by atoms with Gasteiger partial charge in [-0.05, 0) is 24.3 Å². The van der Waals surface area contributed by atoms with Crippen molar-refractivity contribution in [1.82, 2.24) is 0 Å². The van der Waals surface area contributed by atoms with Crippen LogP contribution in [0.1, 0.15) is 6.42 Å². The monoisotopic (exact) mass is 337 g/mol. The molecule has 118 valence electrons. The van der Waals surface area contributed by atoms with E-state index in [1.54, 1.807) is 23.9 Å². The summed E-state index contributed by atoms with van der Waals surface area (Å²) >= 11 is 1.73. The summed E-state index contributed by atoms with van der Waals surface area (Å²) in [5.74, 6) is 1.70. The second-order valence-electron chi connectivity index (χ2n) is 5.56. The number of benzene rings is 2. The Kier molecular flexibility index (Phi) is 4.34. The molecule has 0 spiro atoms. The minimum Gasteiger partial charge on any atom is -0.377 e. The molecule has 1 aliphatic rings. The molecule has 1 aliphatic heterocycles. The number of hydrogen-bond acceptors (Lipinski definition) is 5. The standard InChI is InChI=1S/C16H19NO3S2/c1-17(2)15-7-3-6-14-13(15)5-4-8-16(14)22(18,19)20-12-9-10-21-11-12/h3-8,12H,9-11H2,1-2H3/t12-/m1/s1. The van der Waals surface area contributed by atoms with Gasteiger partial charge in [0.25, 0.3) is 10.1 Å². The van der Waals surface area contributed by atoms with Gasteiger partial charge in [-0.3, -0.25) is 4.18 Å². The van der Waals surface area contributed by atoms with Gasteiger partial charge in [0.1, 0.15) is 4.90 Å². The smallest absolute Gasteiger partial charge is 0.297 e. The number of anilines is 1. The van der Waals surface area contributed by atoms with Crippen molar-refractivity contribution in [3.63, 3.8) is 0 Å². The Bertz CT molecular complexity index is 781. The van der Waals surface area contributed by atoms with Crippen LogP contribution in [0.15, 0.2) is 41.3 Å². The topological polar surface area (TPSA) is 46.6 Å². The number of rotatable bonds is 4. The summed E-state index contributed by atoms with van der Waals surface area (Å²) in [7, 11) is 0.149. The maximum atomic E-state index is 12.6. The Hall–Kier alpha value is -1.24. The Morgan fingerprint density at radius 2 is 1.86 bits per heavy atom. The summed E-state index contributed by atoms with van der Waals surface area (Å²) in [6.45, 7) is 0. The highest BCUT2D eigenvalue weighted by molar-refractivity contribution is 7.99. The van der Waals surface area contributed by atoms with E-state index in [1.807, 2.05) is 43.3 Å². The van der Waals surface area contributed by atoms with Crippen molar-refractivity contribution in [3.8, 4) is 0 Å². The lowest BCUT2D eigenvalue weighted by molar-refractivity contribution is 0.236. The molecule has 6 heteroatoms. The fourth-order valence-electron chi connectivity index (χ4n) is 2.69. The predicted molar refractivity (Wildman–Crippen MR) is 92.3 cm³/mol. The maximum absolute atomic E-state index is 12.6. The third-order valence-corrected chi connectivity index (χ3v) is 6.31. The van der Waals surface area contributed by atoms with Crippen LogP contribution in [0, 0.1) is 0 Å². The van der Waals surface area contributed by atoms with E-state index in [1.165, 1.54) is 0 Å². The van der Waals surface area contributed by atoms with E-state index in [9.17, 15) is 8.42 Å². The first-order valence-electron chi connectivity index (χ1n) is 7.19. The van der Waals surface area contributed by atoms with Crippen LogP contribution in [0.5, 0.6) is 0 Å². The lowest BCUT2D eigenvalue weighted by Gasteiger charge is -2.17. The minimum atomic E-state index is -3.74. The summed E-state index contributed by atoms with van der Waals surface area (Å²) < 4.78 is 30.7. The van der Waals surface area contributed by atoms with Crippen LogP contribution in [-0.4, -0.2) is 40.1 Å². The van der Waals surface area contributed by atoms with Crippen LogP contribution >= 0.6 is 11.8 Å². The van der Waals surface area contributed by atoms with Gasteiger partial charge in [-0.25, -0.2) is 0 Å². The first-order valence-corrected chi connectivity index (χ1v) is 9.75. The van der Waals surface area contributed by atoms with Gasteiger partial charge in [-0.15, -0.1) is 0 Å². The molecule has 0 aliphatic carbocycles. The summed E-state index contributed by atoms with van der Waals surface area (Å²) in [4.78, 5) is 2.23. The molecule has 1 heterocycles. The Morgan fingerprint density at radius 3 is 2.55 bits per heavy atom. The molecule has 0 amide bonds. The molecular weight excluding hydrogens is 318 g/mol. The molecule has 1 saturated heterocycles. The van der Waals surface area contributed by atoms with Crippen LogP contribution < -0.4 is 4.90 Å². The van der Waals surface area contributed by atoms with E-state index in [0.717, 1.165) is 29.0 Å². The highest BCUT2D eigenvalue weighted by atomic mass is 32.2. The van der Waals surface area contributed by atoms with Gasteiger partial charge in [0.15, 0.2) is 0 Å². The SMILES string of the molecule is CN(C)c1cccc2c(S(=O)(=O)O[C@@H]3CCSC3)cccc12. The van der Waals surface area contributed by atoms with Crippen molar-refractivity contribution >= 4 is 38.3 Å². The average molecular weight is 337 g/mol. The van der Waals surface area contributed by atoms with Crippen molar-refractivity contribution < 1.29 is 12.6 Å². The van der Waals surface area contributed by atoms with E-state index in [2.05, 4.69) is 0 Å². The quantitative estimate of drug-likeness (QED) is 0.802. The second-order valence-corrected chi connectivity index (χ2v) is 8.25. The molecule has 2 aromatic rings. The van der Waals surface area contributed by atoms with Crippen molar-refractivity contribution in [2.24, 2.45) is 0 Å². The van der Waals surface area contributed by atoms with Crippen molar-refractivity contribution in [3.05, 3.63) is 36.4 Å². The Labute approximate surface area is 135 Å². The third kappa shape index (κ3) is 2.95. The molecule has 3 rings (SSSR count). The summed E-state index contributed by atoms with van der Waals surface area (Å²) in [5, 5.41) is 1.62. The van der Waals surface area contributed by atoms with Gasteiger partial charge in [-0.1, -0.05) is 24.3 Å². The summed E-state index contributed by atoms with van der Waals surface area (Å²) in [6.07, 6.45) is 0.583. The molecule has 0 aromatic heterocycles. The minimum absolute atomic E-state index is 0.206. The first-order chi connectivity index (χ1) is 10.5. The molecule has 0 radical (unpaired) electrons. The van der Waals surface area contributed by atoms with Gasteiger partial charge in [-0.2, -0.15) is 20.2 Å². The van der Waals surface area contributed by atoms with Gasteiger partial charge in [0, 0.05) is 36.3 Å². The van der Waals surface area contributed by atoms with Gasteiger partial charge >= 0.3 is 0 Å². The van der Waals surface area contributed by atoms with Crippen molar-refractivity contribution in [2.75, 3.05) is 30.5 Å². The molecular formula is C16H19NO3S2. The van der Waals surface area contributed by atoms with E-state index in [4.69, 9.17) is 4.18 Å². The molecule has 4 nitrogen and oxygen atoms in total. The Morgan fingerprint density at radius 1 is 1.14 bits per heavy atom. The third-order valence-electron chi connectivity index (χ3n) is 3.76. The van der Waals surface area contributed by atoms with Crippen LogP contribution in [0.4, 0.5) is 5.69 Å². The Balaban J connectivity index is 2.08. The van der Waals surface area contributed by atoms with Crippen LogP contribution in [-0.2, 0) is 14.3 Å². The lowest BCUT2D eigenvalue weighted by atomic mass is 10.1. The number of hydrogen-bond donors (Lipinski definition) is 0. The lowest BCUT2D eigenvalue weighted by Crippen LogP contribution is -2.18. The van der Waals surface area contributed by atoms with Gasteiger partial charge < -0.3 is 4.90 Å². The fourth-order valence-corrected chi connectivity index (χ4v) is 5.19. The zero-order chi connectivity index (χ0) is 15.7. The summed E-state index contributed by atoms with van der Waals surface area (Å²) in [6, 6.07) is 11.0. The second kappa shape index (κ2) is 6.10. The van der Waals surface area contributed by atoms with Crippen molar-refractivity contribution in [2.45, 2.75) is 17.4 Å². The highest BCUT2D eigenvalue weighted by Crippen LogP contribution is 2.32. The number of fused-ring (bicyclic) bond motifs is 1. The zero-order valence-electron chi connectivity index (χ0n) is 12.7. The maximum Gasteiger partial charge on any atom is 0.297 e. The molecule has 0 bridgehead atoms. The van der Waals surface area contributed by atoms with Crippen LogP contribution in [0.25, 0.3) is 10.8 Å². The van der Waals surface area contributed by atoms with E-state index >= 15 is 0 Å². The van der Waals surface area contributed by atoms with Crippen LogP contribution in [0.3, 0.4) is 0 Å². The average Bonchev–Trinajstić information content (AvgIpc) is 2.98. The molecule has 1 fully saturated rings.